The van der Waals surface area contributed by atoms with Gasteiger partial charge >= 0.3 is 0 Å². The minimum absolute atomic E-state index is 0.735. The number of benzene rings is 1. The van der Waals surface area contributed by atoms with Gasteiger partial charge in [-0.3, -0.25) is 0 Å². The van der Waals surface area contributed by atoms with Crippen LogP contribution in [0.4, 0.5) is 5.69 Å². The van der Waals surface area contributed by atoms with Crippen molar-refractivity contribution in [2.24, 2.45) is 11.8 Å². The van der Waals surface area contributed by atoms with Gasteiger partial charge < -0.3 is 10.2 Å². The van der Waals surface area contributed by atoms with Gasteiger partial charge in [-0.05, 0) is 62.9 Å². The highest BCUT2D eigenvalue weighted by Crippen LogP contribution is 2.45. The van der Waals surface area contributed by atoms with Crippen molar-refractivity contribution in [1.82, 2.24) is 4.90 Å². The summed E-state index contributed by atoms with van der Waals surface area (Å²) in [7, 11) is 4.24. The molecule has 98 valence electrons. The molecule has 3 atom stereocenters. The third kappa shape index (κ3) is 2.54. The van der Waals surface area contributed by atoms with Crippen molar-refractivity contribution in [2.45, 2.75) is 38.3 Å². The summed E-state index contributed by atoms with van der Waals surface area (Å²) in [5.74, 6) is 1.95. The average Bonchev–Trinajstić information content (AvgIpc) is 2.90. The second-order valence-corrected chi connectivity index (χ2v) is 6.36. The molecule has 0 radical (unpaired) electrons. The van der Waals surface area contributed by atoms with Gasteiger partial charge in [0.25, 0.3) is 0 Å². The molecule has 0 saturated heterocycles. The summed E-state index contributed by atoms with van der Waals surface area (Å²) in [6.45, 7) is 1.02. The van der Waals surface area contributed by atoms with Crippen LogP contribution < -0.4 is 5.32 Å². The summed E-state index contributed by atoms with van der Waals surface area (Å²) in [6, 6.07) is 9.65. The fourth-order valence-corrected chi connectivity index (χ4v) is 3.76. The Morgan fingerprint density at radius 1 is 1.22 bits per heavy atom. The van der Waals surface area contributed by atoms with Crippen molar-refractivity contribution < 1.29 is 0 Å². The summed E-state index contributed by atoms with van der Waals surface area (Å²) in [5, 5.41) is 3.77. The van der Waals surface area contributed by atoms with Gasteiger partial charge in [0.2, 0.25) is 0 Å². The Hall–Kier alpha value is -1.02. The van der Waals surface area contributed by atoms with Crippen LogP contribution in [0.1, 0.15) is 31.2 Å². The van der Waals surface area contributed by atoms with E-state index in [0.717, 1.165) is 24.4 Å². The van der Waals surface area contributed by atoms with Gasteiger partial charge in [0.15, 0.2) is 0 Å². The molecule has 0 heterocycles. The zero-order chi connectivity index (χ0) is 12.5. The lowest BCUT2D eigenvalue weighted by Crippen LogP contribution is -2.25. The SMILES string of the molecule is CN(C)Cc1cccc(NC2CC3CCC2C3)c1. The van der Waals surface area contributed by atoms with Crippen LogP contribution in [-0.4, -0.2) is 25.0 Å². The predicted octanol–water partition coefficient (Wildman–Crippen LogP) is 3.35. The molecule has 1 aromatic carbocycles. The van der Waals surface area contributed by atoms with Crippen molar-refractivity contribution in [3.63, 3.8) is 0 Å². The molecule has 3 rings (SSSR count). The van der Waals surface area contributed by atoms with Crippen molar-refractivity contribution in [3.05, 3.63) is 29.8 Å². The number of hydrogen-bond donors (Lipinski definition) is 1. The first-order valence-corrected chi connectivity index (χ1v) is 7.21. The third-order valence-corrected chi connectivity index (χ3v) is 4.52. The molecule has 2 fully saturated rings. The Labute approximate surface area is 110 Å². The average molecular weight is 244 g/mol. The van der Waals surface area contributed by atoms with Gasteiger partial charge in [-0.15, -0.1) is 0 Å². The Kier molecular flexibility index (Phi) is 3.29. The largest absolute Gasteiger partial charge is 0.382 e. The summed E-state index contributed by atoms with van der Waals surface area (Å²) in [5.41, 5.74) is 2.71. The van der Waals surface area contributed by atoms with Crippen LogP contribution in [0.25, 0.3) is 0 Å². The lowest BCUT2D eigenvalue weighted by molar-refractivity contribution is 0.402. The Morgan fingerprint density at radius 3 is 2.78 bits per heavy atom. The number of nitrogens with one attached hydrogen (secondary N) is 1. The molecule has 2 aliphatic carbocycles. The number of nitrogens with zero attached hydrogens (tertiary/aromatic N) is 1. The molecule has 1 aromatic rings. The van der Waals surface area contributed by atoms with Crippen molar-refractivity contribution in [1.29, 1.82) is 0 Å². The van der Waals surface area contributed by atoms with Gasteiger partial charge in [0, 0.05) is 18.3 Å². The monoisotopic (exact) mass is 244 g/mol. The summed E-state index contributed by atoms with van der Waals surface area (Å²) >= 11 is 0. The normalized spacial score (nSPS) is 30.1. The zero-order valence-electron chi connectivity index (χ0n) is 11.5. The second-order valence-electron chi connectivity index (χ2n) is 6.36. The zero-order valence-corrected chi connectivity index (χ0v) is 11.5. The van der Waals surface area contributed by atoms with Crippen molar-refractivity contribution in [3.8, 4) is 0 Å². The second kappa shape index (κ2) is 4.93. The van der Waals surface area contributed by atoms with Gasteiger partial charge in [-0.1, -0.05) is 18.6 Å². The van der Waals surface area contributed by atoms with Crippen LogP contribution in [0, 0.1) is 11.8 Å². The molecule has 18 heavy (non-hydrogen) atoms. The fourth-order valence-electron chi connectivity index (χ4n) is 3.76. The molecule has 0 aromatic heterocycles. The van der Waals surface area contributed by atoms with E-state index in [9.17, 15) is 0 Å². The molecule has 1 N–H and O–H groups in total. The molecule has 0 spiro atoms. The van der Waals surface area contributed by atoms with Crippen LogP contribution in [0.5, 0.6) is 0 Å². The van der Waals surface area contributed by atoms with Crippen LogP contribution >= 0.6 is 0 Å². The number of hydrogen-bond acceptors (Lipinski definition) is 2. The van der Waals surface area contributed by atoms with Gasteiger partial charge in [0.1, 0.15) is 0 Å². The highest BCUT2D eigenvalue weighted by Gasteiger charge is 2.39. The maximum Gasteiger partial charge on any atom is 0.0345 e. The van der Waals surface area contributed by atoms with Crippen LogP contribution in [0.15, 0.2) is 24.3 Å². The smallest absolute Gasteiger partial charge is 0.0345 e. The molecular formula is C16H24N2. The molecule has 2 heteroatoms. The first-order valence-electron chi connectivity index (χ1n) is 7.21. The van der Waals surface area contributed by atoms with Crippen LogP contribution in [0.2, 0.25) is 0 Å². The lowest BCUT2D eigenvalue weighted by atomic mass is 9.95. The quantitative estimate of drug-likeness (QED) is 0.874. The van der Waals surface area contributed by atoms with E-state index in [1.807, 2.05) is 0 Å². The third-order valence-electron chi connectivity index (χ3n) is 4.52. The summed E-state index contributed by atoms with van der Waals surface area (Å²) in [6.07, 6.45) is 5.78. The maximum absolute atomic E-state index is 3.77. The topological polar surface area (TPSA) is 15.3 Å². The molecule has 0 aliphatic heterocycles. The van der Waals surface area contributed by atoms with E-state index in [1.165, 1.54) is 36.9 Å². The highest BCUT2D eigenvalue weighted by atomic mass is 15.0. The van der Waals surface area contributed by atoms with E-state index in [2.05, 4.69) is 48.6 Å². The number of rotatable bonds is 4. The van der Waals surface area contributed by atoms with E-state index < -0.39 is 0 Å². The van der Waals surface area contributed by atoms with E-state index in [-0.39, 0.29) is 0 Å². The predicted molar refractivity (Wildman–Crippen MR) is 76.7 cm³/mol. The molecule has 0 amide bonds. The van der Waals surface area contributed by atoms with E-state index >= 15 is 0 Å². The lowest BCUT2D eigenvalue weighted by Gasteiger charge is -2.24. The molecule has 3 unspecified atom stereocenters. The Balaban J connectivity index is 1.65. The first-order chi connectivity index (χ1) is 8.70. The Bertz CT molecular complexity index is 413. The Morgan fingerprint density at radius 2 is 2.11 bits per heavy atom. The minimum atomic E-state index is 0.735. The first kappa shape index (κ1) is 12.0. The van der Waals surface area contributed by atoms with Crippen molar-refractivity contribution in [2.75, 3.05) is 19.4 Å². The summed E-state index contributed by atoms with van der Waals surface area (Å²) in [4.78, 5) is 2.22. The van der Waals surface area contributed by atoms with Gasteiger partial charge in [-0.25, -0.2) is 0 Å². The van der Waals surface area contributed by atoms with Crippen LogP contribution in [0.3, 0.4) is 0 Å². The van der Waals surface area contributed by atoms with Gasteiger partial charge in [0.05, 0.1) is 0 Å². The van der Waals surface area contributed by atoms with E-state index in [4.69, 9.17) is 0 Å². The number of anilines is 1. The van der Waals surface area contributed by atoms with E-state index in [0.29, 0.717) is 0 Å². The van der Waals surface area contributed by atoms with Gasteiger partial charge in [-0.2, -0.15) is 0 Å². The van der Waals surface area contributed by atoms with Crippen LogP contribution in [-0.2, 0) is 6.54 Å². The molecule has 2 aliphatic rings. The molecular weight excluding hydrogens is 220 g/mol. The summed E-state index contributed by atoms with van der Waals surface area (Å²) < 4.78 is 0. The fraction of sp³-hybridized carbons (Fsp3) is 0.625. The molecule has 2 saturated carbocycles. The maximum atomic E-state index is 3.77. The number of fused-ring (bicyclic) bond motifs is 2. The molecule has 2 bridgehead atoms. The standard InChI is InChI=1S/C16H24N2/c1-18(2)11-13-4-3-5-15(9-13)17-16-10-12-6-7-14(16)8-12/h3-5,9,12,14,16-17H,6-8,10-11H2,1-2H3. The van der Waals surface area contributed by atoms with E-state index in [1.54, 1.807) is 0 Å². The highest BCUT2D eigenvalue weighted by molar-refractivity contribution is 5.47. The minimum Gasteiger partial charge on any atom is -0.382 e. The molecule has 2 nitrogen and oxygen atoms in total. The van der Waals surface area contributed by atoms with Crippen molar-refractivity contribution >= 4 is 5.69 Å².